The van der Waals surface area contributed by atoms with Crippen molar-refractivity contribution in [2.24, 2.45) is 0 Å². The summed E-state index contributed by atoms with van der Waals surface area (Å²) in [5.41, 5.74) is 7.39. The van der Waals surface area contributed by atoms with E-state index < -0.39 is 0 Å². The average molecular weight is 539 g/mol. The molecule has 0 amide bonds. The molecule has 3 nitrogen and oxygen atoms in total. The number of rotatable bonds is 20. The molecule has 2 N–H and O–H groups in total. The highest BCUT2D eigenvalue weighted by atomic mass is 16.5. The summed E-state index contributed by atoms with van der Waals surface area (Å²) >= 11 is 0. The second-order valence-corrected chi connectivity index (χ2v) is 11.4. The van der Waals surface area contributed by atoms with Crippen molar-refractivity contribution in [1.29, 1.82) is 0 Å². The normalized spacial score (nSPS) is 11.3. The Morgan fingerprint density at radius 1 is 0.436 bits per heavy atom. The zero-order valence-corrected chi connectivity index (χ0v) is 26.2. The summed E-state index contributed by atoms with van der Waals surface area (Å²) in [4.78, 5) is 0. The number of aryl methyl sites for hydroxylation is 2. The fraction of sp³-hybridized carbons (Fsp3) is 0.667. The minimum atomic E-state index is 0.273. The number of benzene rings is 2. The SMILES string of the molecule is CCCCc1cc(Oc2cc(CCCC)c(CCCC)c(CCCC)c2O)c(O)c(CCCC)c1CCCC. The van der Waals surface area contributed by atoms with Crippen molar-refractivity contribution in [2.75, 3.05) is 0 Å². The summed E-state index contributed by atoms with van der Waals surface area (Å²) < 4.78 is 6.54. The Kier molecular flexibility index (Phi) is 15.5. The third-order valence-electron chi connectivity index (χ3n) is 8.09. The van der Waals surface area contributed by atoms with Crippen molar-refractivity contribution in [3.05, 3.63) is 45.5 Å². The Hall–Kier alpha value is -2.16. The van der Waals surface area contributed by atoms with Crippen LogP contribution in [0.4, 0.5) is 0 Å². The van der Waals surface area contributed by atoms with Crippen LogP contribution in [0.5, 0.6) is 23.0 Å². The molecule has 0 saturated carbocycles. The van der Waals surface area contributed by atoms with Crippen molar-refractivity contribution < 1.29 is 14.9 Å². The van der Waals surface area contributed by atoms with Gasteiger partial charge in [0.1, 0.15) is 0 Å². The molecule has 0 aliphatic rings. The first-order valence-corrected chi connectivity index (χ1v) is 16.4. The molecule has 2 aromatic carbocycles. The van der Waals surface area contributed by atoms with Crippen LogP contribution in [0.2, 0.25) is 0 Å². The molecule has 0 radical (unpaired) electrons. The zero-order valence-electron chi connectivity index (χ0n) is 26.2. The Bertz CT molecular complexity index is 912. The summed E-state index contributed by atoms with van der Waals surface area (Å²) in [6.45, 7) is 13.3. The van der Waals surface area contributed by atoms with E-state index in [1.807, 2.05) is 0 Å². The summed E-state index contributed by atoms with van der Waals surface area (Å²) in [6, 6.07) is 4.15. The molecule has 0 aromatic heterocycles. The van der Waals surface area contributed by atoms with Gasteiger partial charge in [-0.3, -0.25) is 0 Å². The Labute approximate surface area is 240 Å². The molecule has 3 heteroatoms. The third kappa shape index (κ3) is 9.47. The van der Waals surface area contributed by atoms with Crippen LogP contribution in [0.25, 0.3) is 0 Å². The fourth-order valence-electron chi connectivity index (χ4n) is 5.63. The maximum atomic E-state index is 11.6. The topological polar surface area (TPSA) is 49.7 Å². The van der Waals surface area contributed by atoms with E-state index in [1.165, 1.54) is 22.3 Å². The first kappa shape index (κ1) is 33.0. The van der Waals surface area contributed by atoms with Gasteiger partial charge in [0.05, 0.1) is 0 Å². The first-order chi connectivity index (χ1) is 19.0. The molecule has 0 saturated heterocycles. The van der Waals surface area contributed by atoms with Crippen LogP contribution in [0, 0.1) is 0 Å². The molecule has 39 heavy (non-hydrogen) atoms. The lowest BCUT2D eigenvalue weighted by Gasteiger charge is -2.22. The van der Waals surface area contributed by atoms with Gasteiger partial charge in [-0.25, -0.2) is 0 Å². The lowest BCUT2D eigenvalue weighted by Crippen LogP contribution is -2.06. The van der Waals surface area contributed by atoms with Crippen LogP contribution in [-0.2, 0) is 38.5 Å². The van der Waals surface area contributed by atoms with E-state index in [-0.39, 0.29) is 11.5 Å². The highest BCUT2D eigenvalue weighted by molar-refractivity contribution is 5.59. The van der Waals surface area contributed by atoms with Crippen LogP contribution < -0.4 is 4.74 Å². The molecule has 0 aliphatic heterocycles. The van der Waals surface area contributed by atoms with Crippen LogP contribution in [0.15, 0.2) is 12.1 Å². The second kappa shape index (κ2) is 18.2. The lowest BCUT2D eigenvalue weighted by atomic mass is 9.89. The predicted molar refractivity (Wildman–Crippen MR) is 168 cm³/mol. The molecule has 0 atom stereocenters. The van der Waals surface area contributed by atoms with Gasteiger partial charge in [-0.15, -0.1) is 0 Å². The number of aromatic hydroxyl groups is 2. The van der Waals surface area contributed by atoms with Crippen LogP contribution >= 0.6 is 0 Å². The molecule has 2 rings (SSSR count). The predicted octanol–water partition coefficient (Wildman–Crippen LogP) is 10.9. The zero-order chi connectivity index (χ0) is 28.6. The number of hydrogen-bond acceptors (Lipinski definition) is 3. The summed E-state index contributed by atoms with van der Waals surface area (Å²) in [5, 5.41) is 23.2. The largest absolute Gasteiger partial charge is 0.504 e. The minimum Gasteiger partial charge on any atom is -0.504 e. The van der Waals surface area contributed by atoms with Gasteiger partial charge in [0.2, 0.25) is 0 Å². The monoisotopic (exact) mass is 538 g/mol. The molecule has 0 bridgehead atoms. The van der Waals surface area contributed by atoms with Gasteiger partial charge < -0.3 is 14.9 Å². The highest BCUT2D eigenvalue weighted by Crippen LogP contribution is 2.44. The average Bonchev–Trinajstić information content (AvgIpc) is 2.94. The third-order valence-corrected chi connectivity index (χ3v) is 8.09. The quantitative estimate of drug-likeness (QED) is 0.176. The lowest BCUT2D eigenvalue weighted by molar-refractivity contribution is 0.377. The van der Waals surface area contributed by atoms with Crippen molar-refractivity contribution in [1.82, 2.24) is 0 Å². The molecule has 0 heterocycles. The maximum absolute atomic E-state index is 11.6. The van der Waals surface area contributed by atoms with Gasteiger partial charge in [-0.2, -0.15) is 0 Å². The van der Waals surface area contributed by atoms with Gasteiger partial charge in [0.25, 0.3) is 0 Å². The van der Waals surface area contributed by atoms with Crippen LogP contribution in [0.3, 0.4) is 0 Å². The van der Waals surface area contributed by atoms with Gasteiger partial charge in [-0.1, -0.05) is 80.1 Å². The number of phenols is 2. The number of ether oxygens (including phenoxy) is 1. The highest BCUT2D eigenvalue weighted by Gasteiger charge is 2.22. The van der Waals surface area contributed by atoms with E-state index in [2.05, 4.69) is 53.7 Å². The van der Waals surface area contributed by atoms with Crippen molar-refractivity contribution in [2.45, 2.75) is 157 Å². The number of phenolic OH excluding ortho intramolecular Hbond substituents is 2. The first-order valence-electron chi connectivity index (χ1n) is 16.4. The maximum Gasteiger partial charge on any atom is 0.169 e. The van der Waals surface area contributed by atoms with E-state index in [4.69, 9.17) is 4.74 Å². The smallest absolute Gasteiger partial charge is 0.169 e. The van der Waals surface area contributed by atoms with Crippen LogP contribution in [-0.4, -0.2) is 10.2 Å². The summed E-state index contributed by atoms with van der Waals surface area (Å²) in [6.07, 6.45) is 19.0. The summed E-state index contributed by atoms with van der Waals surface area (Å²) in [5.74, 6) is 1.56. The van der Waals surface area contributed by atoms with E-state index in [9.17, 15) is 10.2 Å². The molecule has 220 valence electrons. The molecule has 0 unspecified atom stereocenters. The van der Waals surface area contributed by atoms with Gasteiger partial charge in [-0.05, 0) is 111 Å². The Morgan fingerprint density at radius 2 is 0.718 bits per heavy atom. The molecule has 2 aromatic rings. The molecular weight excluding hydrogens is 480 g/mol. The number of unbranched alkanes of at least 4 members (excludes halogenated alkanes) is 6. The van der Waals surface area contributed by atoms with Crippen molar-refractivity contribution in [3.8, 4) is 23.0 Å². The Morgan fingerprint density at radius 3 is 1.03 bits per heavy atom. The van der Waals surface area contributed by atoms with Gasteiger partial charge in [0.15, 0.2) is 23.0 Å². The van der Waals surface area contributed by atoms with Gasteiger partial charge >= 0.3 is 0 Å². The van der Waals surface area contributed by atoms with E-state index >= 15 is 0 Å². The molecule has 0 fully saturated rings. The summed E-state index contributed by atoms with van der Waals surface area (Å²) in [7, 11) is 0. The fourth-order valence-corrected chi connectivity index (χ4v) is 5.63. The Balaban J connectivity index is 2.68. The second-order valence-electron chi connectivity index (χ2n) is 11.4. The molecule has 0 aliphatic carbocycles. The van der Waals surface area contributed by atoms with Crippen molar-refractivity contribution >= 4 is 0 Å². The van der Waals surface area contributed by atoms with Crippen molar-refractivity contribution in [3.63, 3.8) is 0 Å². The van der Waals surface area contributed by atoms with Gasteiger partial charge in [0, 0.05) is 11.1 Å². The molecule has 0 spiro atoms. The minimum absolute atomic E-state index is 0.273. The standard InChI is InChI=1S/C36H58O3/c1-7-13-19-27-25-33(35(37)31(23-17-11-5)29(27)21-15-9-3)39-34-26-28(20-14-8-2)30(22-16-10-4)32(36(34)38)24-18-12-6/h25-26,37-38H,7-24H2,1-6H3. The van der Waals surface area contributed by atoms with Crippen LogP contribution in [0.1, 0.15) is 152 Å². The molecular formula is C36H58O3. The van der Waals surface area contributed by atoms with E-state index in [1.54, 1.807) is 0 Å². The number of hydrogen-bond donors (Lipinski definition) is 2. The van der Waals surface area contributed by atoms with E-state index in [0.717, 1.165) is 127 Å². The van der Waals surface area contributed by atoms with E-state index in [0.29, 0.717) is 11.5 Å².